The summed E-state index contributed by atoms with van der Waals surface area (Å²) < 4.78 is 27.0. The number of hydrogen-bond acceptors (Lipinski definition) is 3. The molecule has 1 rings (SSSR count). The van der Waals surface area contributed by atoms with Crippen LogP contribution >= 0.6 is 0 Å². The third-order valence-corrected chi connectivity index (χ3v) is 4.75. The topological polar surface area (TPSA) is 72.2 Å². The molecule has 0 aliphatic heterocycles. The molecule has 0 radical (unpaired) electrons. The fourth-order valence-corrected chi connectivity index (χ4v) is 2.93. The quantitative estimate of drug-likeness (QED) is 0.806. The predicted molar refractivity (Wildman–Crippen MR) is 74.9 cm³/mol. The average molecular weight is 270 g/mol. The highest BCUT2D eigenvalue weighted by atomic mass is 32.2. The van der Waals surface area contributed by atoms with Crippen LogP contribution in [0.4, 0.5) is 5.69 Å². The molecule has 0 aromatic heterocycles. The van der Waals surface area contributed by atoms with Crippen molar-refractivity contribution in [2.75, 3.05) is 12.3 Å². The van der Waals surface area contributed by atoms with Crippen molar-refractivity contribution >= 4 is 15.7 Å². The molecule has 0 unspecified atom stereocenters. The molecule has 0 amide bonds. The van der Waals surface area contributed by atoms with E-state index in [2.05, 4.69) is 4.72 Å². The van der Waals surface area contributed by atoms with Gasteiger partial charge in [0.15, 0.2) is 0 Å². The first-order chi connectivity index (χ1) is 8.18. The van der Waals surface area contributed by atoms with E-state index >= 15 is 0 Å². The second-order valence-corrected chi connectivity index (χ2v) is 7.10. The van der Waals surface area contributed by atoms with Gasteiger partial charge < -0.3 is 5.73 Å². The second-order valence-electron chi connectivity index (χ2n) is 5.37. The lowest BCUT2D eigenvalue weighted by Crippen LogP contribution is -2.33. The number of hydrogen-bond donors (Lipinski definition) is 2. The molecule has 5 heteroatoms. The minimum absolute atomic E-state index is 0.0468. The van der Waals surface area contributed by atoms with E-state index in [9.17, 15) is 8.42 Å². The van der Waals surface area contributed by atoms with Crippen LogP contribution in [0.15, 0.2) is 23.1 Å². The number of rotatable bonds is 5. The van der Waals surface area contributed by atoms with Gasteiger partial charge in [-0.3, -0.25) is 0 Å². The normalized spacial score (nSPS) is 12.7. The van der Waals surface area contributed by atoms with Crippen molar-refractivity contribution in [3.63, 3.8) is 0 Å². The Labute approximate surface area is 110 Å². The lowest BCUT2D eigenvalue weighted by Gasteiger charge is -2.23. The van der Waals surface area contributed by atoms with E-state index in [4.69, 9.17) is 5.73 Å². The lowest BCUT2D eigenvalue weighted by atomic mass is 9.91. The van der Waals surface area contributed by atoms with Gasteiger partial charge in [-0.25, -0.2) is 13.1 Å². The van der Waals surface area contributed by atoms with Crippen LogP contribution in [-0.4, -0.2) is 15.0 Å². The molecule has 0 aliphatic carbocycles. The number of aryl methyl sites for hydroxylation is 1. The molecule has 0 atom stereocenters. The third kappa shape index (κ3) is 3.71. The highest BCUT2D eigenvalue weighted by Crippen LogP contribution is 2.21. The molecular weight excluding hydrogens is 248 g/mol. The zero-order valence-electron chi connectivity index (χ0n) is 11.4. The molecule has 18 heavy (non-hydrogen) atoms. The molecule has 3 N–H and O–H groups in total. The van der Waals surface area contributed by atoms with E-state index in [1.54, 1.807) is 25.1 Å². The van der Waals surface area contributed by atoms with Gasteiger partial charge in [-0.05, 0) is 42.5 Å². The fourth-order valence-electron chi connectivity index (χ4n) is 1.47. The van der Waals surface area contributed by atoms with Gasteiger partial charge in [-0.1, -0.05) is 20.8 Å². The van der Waals surface area contributed by atoms with Crippen LogP contribution < -0.4 is 10.5 Å². The smallest absolute Gasteiger partial charge is 0.240 e. The summed E-state index contributed by atoms with van der Waals surface area (Å²) in [5.41, 5.74) is 6.81. The molecule has 0 saturated carbocycles. The van der Waals surface area contributed by atoms with Gasteiger partial charge in [0.25, 0.3) is 0 Å². The van der Waals surface area contributed by atoms with Crippen molar-refractivity contribution in [2.45, 2.75) is 39.0 Å². The molecule has 0 fully saturated rings. The van der Waals surface area contributed by atoms with E-state index < -0.39 is 10.0 Å². The van der Waals surface area contributed by atoms with Gasteiger partial charge in [0, 0.05) is 12.2 Å². The van der Waals surface area contributed by atoms with Crippen LogP contribution in [-0.2, 0) is 10.0 Å². The Morgan fingerprint density at radius 3 is 2.44 bits per heavy atom. The molecule has 0 saturated heterocycles. The van der Waals surface area contributed by atoms with E-state index in [0.717, 1.165) is 6.42 Å². The zero-order valence-corrected chi connectivity index (χ0v) is 12.3. The Bertz CT molecular complexity index is 522. The average Bonchev–Trinajstić information content (AvgIpc) is 2.26. The van der Waals surface area contributed by atoms with Gasteiger partial charge in [-0.2, -0.15) is 0 Å². The number of nitrogens with one attached hydrogen (secondary N) is 1. The fraction of sp³-hybridized carbons (Fsp3) is 0.538. The summed E-state index contributed by atoms with van der Waals surface area (Å²) in [6, 6.07) is 4.82. The summed E-state index contributed by atoms with van der Waals surface area (Å²) in [5, 5.41) is 0. The predicted octanol–water partition coefficient (Wildman–Crippen LogP) is 2.29. The first-order valence-corrected chi connectivity index (χ1v) is 7.52. The van der Waals surface area contributed by atoms with Crippen molar-refractivity contribution in [3.8, 4) is 0 Å². The maximum Gasteiger partial charge on any atom is 0.240 e. The zero-order chi connectivity index (χ0) is 14.0. The molecule has 102 valence electrons. The Balaban J connectivity index is 2.94. The van der Waals surface area contributed by atoms with E-state index in [-0.39, 0.29) is 5.41 Å². The minimum atomic E-state index is -3.46. The maximum atomic E-state index is 12.2. The molecule has 0 heterocycles. The Kier molecular flexibility index (Phi) is 4.40. The largest absolute Gasteiger partial charge is 0.399 e. The molecule has 0 bridgehead atoms. The third-order valence-electron chi connectivity index (χ3n) is 3.19. The monoisotopic (exact) mass is 270 g/mol. The van der Waals surface area contributed by atoms with Crippen molar-refractivity contribution in [2.24, 2.45) is 5.41 Å². The summed E-state index contributed by atoms with van der Waals surface area (Å²) in [6.07, 6.45) is 0.913. The Hall–Kier alpha value is -1.07. The van der Waals surface area contributed by atoms with Crippen LogP contribution in [0, 0.1) is 12.3 Å². The number of sulfonamides is 1. The van der Waals surface area contributed by atoms with Crippen LogP contribution in [0.5, 0.6) is 0 Å². The molecule has 1 aromatic rings. The molecule has 1 aromatic carbocycles. The molecular formula is C13H22N2O2S. The number of benzene rings is 1. The van der Waals surface area contributed by atoms with Gasteiger partial charge in [-0.15, -0.1) is 0 Å². The van der Waals surface area contributed by atoms with Crippen LogP contribution in [0.3, 0.4) is 0 Å². The van der Waals surface area contributed by atoms with Gasteiger partial charge >= 0.3 is 0 Å². The van der Waals surface area contributed by atoms with Gasteiger partial charge in [0.2, 0.25) is 10.0 Å². The standard InChI is InChI=1S/C13H22N2O2S/c1-5-13(3,4)9-15-18(16,17)12-7-6-11(14)8-10(12)2/h6-8,15H,5,9,14H2,1-4H3. The van der Waals surface area contributed by atoms with Crippen molar-refractivity contribution < 1.29 is 8.42 Å². The maximum absolute atomic E-state index is 12.2. The minimum Gasteiger partial charge on any atom is -0.399 e. The van der Waals surface area contributed by atoms with Gasteiger partial charge in [0.05, 0.1) is 4.90 Å². The second kappa shape index (κ2) is 5.28. The Morgan fingerprint density at radius 1 is 1.33 bits per heavy atom. The summed E-state index contributed by atoms with van der Waals surface area (Å²) in [4.78, 5) is 0.295. The first kappa shape index (κ1) is 15.0. The van der Waals surface area contributed by atoms with Crippen LogP contribution in [0.1, 0.15) is 32.8 Å². The number of nitrogens with two attached hydrogens (primary N) is 1. The van der Waals surface area contributed by atoms with Gasteiger partial charge in [0.1, 0.15) is 0 Å². The van der Waals surface area contributed by atoms with Crippen LogP contribution in [0.2, 0.25) is 0 Å². The summed E-state index contributed by atoms with van der Waals surface area (Å²) in [7, 11) is -3.46. The molecule has 0 spiro atoms. The molecule has 4 nitrogen and oxygen atoms in total. The Morgan fingerprint density at radius 2 is 1.94 bits per heavy atom. The number of anilines is 1. The van der Waals surface area contributed by atoms with Crippen LogP contribution in [0.25, 0.3) is 0 Å². The highest BCUT2D eigenvalue weighted by molar-refractivity contribution is 7.89. The summed E-state index contributed by atoms with van der Waals surface area (Å²) in [5.74, 6) is 0. The highest BCUT2D eigenvalue weighted by Gasteiger charge is 2.21. The van der Waals surface area contributed by atoms with Crippen molar-refractivity contribution in [1.82, 2.24) is 4.72 Å². The first-order valence-electron chi connectivity index (χ1n) is 6.04. The molecule has 0 aliphatic rings. The summed E-state index contributed by atoms with van der Waals surface area (Å²) in [6.45, 7) is 8.28. The summed E-state index contributed by atoms with van der Waals surface area (Å²) >= 11 is 0. The van der Waals surface area contributed by atoms with E-state index in [0.29, 0.717) is 22.7 Å². The van der Waals surface area contributed by atoms with E-state index in [1.165, 1.54) is 0 Å². The van der Waals surface area contributed by atoms with E-state index in [1.807, 2.05) is 20.8 Å². The van der Waals surface area contributed by atoms with Crippen molar-refractivity contribution in [3.05, 3.63) is 23.8 Å². The SMILES string of the molecule is CCC(C)(C)CNS(=O)(=O)c1ccc(N)cc1C. The lowest BCUT2D eigenvalue weighted by molar-refractivity contribution is 0.350. The van der Waals surface area contributed by atoms with Crippen molar-refractivity contribution in [1.29, 1.82) is 0 Å². The number of nitrogen functional groups attached to an aromatic ring is 1.